The fourth-order valence-electron chi connectivity index (χ4n) is 3.03. The molecule has 0 saturated carbocycles. The molecule has 0 saturated heterocycles. The molecule has 0 radical (unpaired) electrons. The number of hydrogen-bond donors (Lipinski definition) is 0. The van der Waals surface area contributed by atoms with Crippen LogP contribution < -0.4 is 5.56 Å². The van der Waals surface area contributed by atoms with E-state index in [1.807, 2.05) is 44.2 Å². The molecule has 2 heterocycles. The van der Waals surface area contributed by atoms with Gasteiger partial charge in [-0.05, 0) is 23.6 Å². The molecule has 0 bridgehead atoms. The number of carbonyl (C=O) groups is 1. The topological polar surface area (TPSA) is 60.7 Å². The molecule has 3 rings (SSSR count). The number of rotatable bonds is 6. The van der Waals surface area contributed by atoms with Crippen molar-refractivity contribution in [3.8, 4) is 0 Å². The van der Waals surface area contributed by atoms with E-state index < -0.39 is 0 Å². The second kappa shape index (κ2) is 8.35. The zero-order chi connectivity index (χ0) is 19.4. The van der Waals surface area contributed by atoms with Crippen molar-refractivity contribution in [1.29, 1.82) is 0 Å². The van der Waals surface area contributed by atoms with Gasteiger partial charge in [0.25, 0.3) is 5.56 Å². The molecule has 2 atom stereocenters. The molecule has 5 nitrogen and oxygen atoms in total. The normalized spacial score (nSPS) is 13.3. The second-order valence-electron chi connectivity index (χ2n) is 6.54. The van der Waals surface area contributed by atoms with Gasteiger partial charge in [0, 0.05) is 12.3 Å². The first-order valence-corrected chi connectivity index (χ1v) is 9.26. The lowest BCUT2D eigenvalue weighted by Gasteiger charge is -2.21. The highest BCUT2D eigenvalue weighted by Gasteiger charge is 2.27. The molecule has 0 aliphatic carbocycles. The van der Waals surface area contributed by atoms with Gasteiger partial charge in [-0.3, -0.25) is 14.0 Å². The van der Waals surface area contributed by atoms with Crippen molar-refractivity contribution in [3.05, 3.63) is 81.4 Å². The summed E-state index contributed by atoms with van der Waals surface area (Å²) in [6.45, 7) is 4.03. The van der Waals surface area contributed by atoms with Gasteiger partial charge < -0.3 is 4.74 Å². The maximum atomic E-state index is 12.8. The largest absolute Gasteiger partial charge is 0.459 e. The minimum Gasteiger partial charge on any atom is -0.459 e. The fourth-order valence-corrected chi connectivity index (χ4v) is 3.19. The smallest absolute Gasteiger partial charge is 0.314 e. The monoisotopic (exact) mass is 384 g/mol. The van der Waals surface area contributed by atoms with Crippen LogP contribution in [0.15, 0.2) is 59.5 Å². The first kappa shape index (κ1) is 19.1. The highest BCUT2D eigenvalue weighted by Crippen LogP contribution is 2.28. The number of esters is 1. The summed E-state index contributed by atoms with van der Waals surface area (Å²) in [5.74, 6) is -0.526. The standard InChI is InChI=1S/C21H21ClN2O3/c1-3-14(2)20(15-7-5-4-6-8-15)21(26)27-13-17-11-19(25)24-12-16(22)9-10-18(24)23-17/h4-12,14,20H,3,13H2,1-2H3. The predicted octanol–water partition coefficient (Wildman–Crippen LogP) is 4.22. The van der Waals surface area contributed by atoms with Gasteiger partial charge in [-0.25, -0.2) is 4.98 Å². The number of aromatic nitrogens is 2. The summed E-state index contributed by atoms with van der Waals surface area (Å²) in [5, 5.41) is 0.449. The number of hydrogen-bond acceptors (Lipinski definition) is 4. The maximum Gasteiger partial charge on any atom is 0.314 e. The molecule has 6 heteroatoms. The Bertz CT molecular complexity index is 1000. The minimum atomic E-state index is -0.350. The molecule has 140 valence electrons. The molecule has 0 N–H and O–H groups in total. The zero-order valence-electron chi connectivity index (χ0n) is 15.3. The van der Waals surface area contributed by atoms with Gasteiger partial charge in [-0.1, -0.05) is 62.2 Å². The number of pyridine rings is 1. The van der Waals surface area contributed by atoms with Crippen molar-refractivity contribution >= 4 is 23.2 Å². The van der Waals surface area contributed by atoms with Gasteiger partial charge in [0.15, 0.2) is 0 Å². The number of carbonyl (C=O) groups excluding carboxylic acids is 1. The molecule has 0 fully saturated rings. The molecule has 2 aromatic heterocycles. The number of fused-ring (bicyclic) bond motifs is 1. The van der Waals surface area contributed by atoms with Gasteiger partial charge in [0.2, 0.25) is 0 Å². The number of nitrogens with zero attached hydrogens (tertiary/aromatic N) is 2. The second-order valence-corrected chi connectivity index (χ2v) is 6.98. The third-order valence-corrected chi connectivity index (χ3v) is 4.89. The van der Waals surface area contributed by atoms with Crippen LogP contribution in [0.2, 0.25) is 5.02 Å². The predicted molar refractivity (Wildman–Crippen MR) is 105 cm³/mol. The van der Waals surface area contributed by atoms with Crippen molar-refractivity contribution < 1.29 is 9.53 Å². The van der Waals surface area contributed by atoms with E-state index in [0.29, 0.717) is 16.4 Å². The maximum absolute atomic E-state index is 12.8. The van der Waals surface area contributed by atoms with Gasteiger partial charge in [0.05, 0.1) is 16.6 Å². The summed E-state index contributed by atoms with van der Waals surface area (Å²) in [4.78, 5) is 29.4. The number of ether oxygens (including phenoxy) is 1. The van der Waals surface area contributed by atoms with E-state index in [1.54, 1.807) is 12.1 Å². The van der Waals surface area contributed by atoms with E-state index in [-0.39, 0.29) is 30.0 Å². The average Bonchev–Trinajstić information content (AvgIpc) is 2.68. The Morgan fingerprint density at radius 2 is 1.96 bits per heavy atom. The van der Waals surface area contributed by atoms with Crippen molar-refractivity contribution in [2.45, 2.75) is 32.8 Å². The number of halogens is 1. The van der Waals surface area contributed by atoms with E-state index in [2.05, 4.69) is 4.98 Å². The highest BCUT2D eigenvalue weighted by atomic mass is 35.5. The summed E-state index contributed by atoms with van der Waals surface area (Å²) < 4.78 is 6.88. The van der Waals surface area contributed by atoms with Crippen LogP contribution in [0.4, 0.5) is 0 Å². The molecular weight excluding hydrogens is 364 g/mol. The minimum absolute atomic E-state index is 0.0486. The van der Waals surface area contributed by atoms with Crippen LogP contribution in [0, 0.1) is 5.92 Å². The van der Waals surface area contributed by atoms with Crippen molar-refractivity contribution in [2.75, 3.05) is 0 Å². The molecule has 0 spiro atoms. The highest BCUT2D eigenvalue weighted by molar-refractivity contribution is 6.30. The quantitative estimate of drug-likeness (QED) is 0.597. The van der Waals surface area contributed by atoms with Gasteiger partial charge in [-0.2, -0.15) is 0 Å². The zero-order valence-corrected chi connectivity index (χ0v) is 16.0. The summed E-state index contributed by atoms with van der Waals surface area (Å²) in [5.41, 5.74) is 1.53. The van der Waals surface area contributed by atoms with Crippen LogP contribution in [0.5, 0.6) is 0 Å². The van der Waals surface area contributed by atoms with Crippen molar-refractivity contribution in [3.63, 3.8) is 0 Å². The van der Waals surface area contributed by atoms with Crippen LogP contribution in [0.1, 0.15) is 37.4 Å². The van der Waals surface area contributed by atoms with E-state index >= 15 is 0 Å². The Hall–Kier alpha value is -2.66. The van der Waals surface area contributed by atoms with Gasteiger partial charge >= 0.3 is 5.97 Å². The van der Waals surface area contributed by atoms with Gasteiger partial charge in [0.1, 0.15) is 12.3 Å². The molecule has 3 aromatic rings. The molecular formula is C21H21ClN2O3. The Morgan fingerprint density at radius 3 is 2.67 bits per heavy atom. The third-order valence-electron chi connectivity index (χ3n) is 4.66. The average molecular weight is 385 g/mol. The SMILES string of the molecule is CCC(C)C(C(=O)OCc1cc(=O)n2cc(Cl)ccc2n1)c1ccccc1. The molecule has 1 aromatic carbocycles. The van der Waals surface area contributed by atoms with Crippen LogP contribution in [-0.2, 0) is 16.1 Å². The summed E-state index contributed by atoms with van der Waals surface area (Å²) in [7, 11) is 0. The first-order valence-electron chi connectivity index (χ1n) is 8.89. The first-order chi connectivity index (χ1) is 13.0. The van der Waals surface area contributed by atoms with Crippen molar-refractivity contribution in [2.24, 2.45) is 5.92 Å². The molecule has 0 aliphatic heterocycles. The summed E-state index contributed by atoms with van der Waals surface area (Å²) in [6.07, 6.45) is 2.36. The lowest BCUT2D eigenvalue weighted by molar-refractivity contribution is -0.148. The lowest BCUT2D eigenvalue weighted by Crippen LogP contribution is -2.23. The number of benzene rings is 1. The fraction of sp³-hybridized carbons (Fsp3) is 0.286. The Balaban J connectivity index is 1.80. The molecule has 0 amide bonds. The van der Waals surface area contributed by atoms with Crippen LogP contribution >= 0.6 is 11.6 Å². The third kappa shape index (κ3) is 4.37. The van der Waals surface area contributed by atoms with E-state index in [0.717, 1.165) is 12.0 Å². The van der Waals surface area contributed by atoms with Crippen LogP contribution in [-0.4, -0.2) is 15.4 Å². The Kier molecular flexibility index (Phi) is 5.91. The van der Waals surface area contributed by atoms with E-state index in [9.17, 15) is 9.59 Å². The summed E-state index contributed by atoms with van der Waals surface area (Å²) >= 11 is 5.91. The Labute approximate surface area is 162 Å². The van der Waals surface area contributed by atoms with E-state index in [1.165, 1.54) is 16.7 Å². The van der Waals surface area contributed by atoms with Crippen LogP contribution in [0.3, 0.4) is 0 Å². The molecule has 2 unspecified atom stereocenters. The Morgan fingerprint density at radius 1 is 1.22 bits per heavy atom. The summed E-state index contributed by atoms with van der Waals surface area (Å²) in [6, 6.07) is 14.3. The van der Waals surface area contributed by atoms with Crippen LogP contribution in [0.25, 0.3) is 5.65 Å². The van der Waals surface area contributed by atoms with Crippen molar-refractivity contribution in [1.82, 2.24) is 9.38 Å². The molecule has 0 aliphatic rings. The van der Waals surface area contributed by atoms with Gasteiger partial charge in [-0.15, -0.1) is 0 Å². The molecule has 27 heavy (non-hydrogen) atoms. The van der Waals surface area contributed by atoms with E-state index in [4.69, 9.17) is 16.3 Å². The lowest BCUT2D eigenvalue weighted by atomic mass is 9.86.